The molecule has 0 aromatic carbocycles. The van der Waals surface area contributed by atoms with Gasteiger partial charge in [-0.1, -0.05) is 41.5 Å². The third kappa shape index (κ3) is 5.91. The molecule has 8 saturated heterocycles. The van der Waals surface area contributed by atoms with Crippen LogP contribution in [0.5, 0.6) is 0 Å². The molecular formula is C40H59FN2O11. The Morgan fingerprint density at radius 2 is 1.46 bits per heavy atom. The Labute approximate surface area is 317 Å². The van der Waals surface area contributed by atoms with Crippen LogP contribution in [0.25, 0.3) is 0 Å². The van der Waals surface area contributed by atoms with E-state index >= 15 is 0 Å². The van der Waals surface area contributed by atoms with Crippen molar-refractivity contribution in [2.24, 2.45) is 53.3 Å². The van der Waals surface area contributed by atoms with Crippen LogP contribution in [0.2, 0.25) is 0 Å². The molecule has 9 heterocycles. The molecule has 1 aromatic heterocycles. The zero-order valence-electron chi connectivity index (χ0n) is 32.8. The van der Waals surface area contributed by atoms with Gasteiger partial charge in [0.1, 0.15) is 0 Å². The maximum absolute atomic E-state index is 14.5. The first-order valence-corrected chi connectivity index (χ1v) is 20.2. The predicted molar refractivity (Wildman–Crippen MR) is 188 cm³/mol. The van der Waals surface area contributed by atoms with Crippen molar-refractivity contribution in [1.29, 1.82) is 0 Å². The largest absolute Gasteiger partial charge is 0.365 e. The highest BCUT2D eigenvalue weighted by molar-refractivity contribution is 5.92. The van der Waals surface area contributed by atoms with E-state index in [0.29, 0.717) is 25.2 Å². The van der Waals surface area contributed by atoms with Crippen LogP contribution in [0.15, 0.2) is 18.3 Å². The Kier molecular flexibility index (Phi) is 9.64. The van der Waals surface area contributed by atoms with Gasteiger partial charge >= 0.3 is 0 Å². The van der Waals surface area contributed by atoms with Gasteiger partial charge in [0.25, 0.3) is 0 Å². The van der Waals surface area contributed by atoms with Gasteiger partial charge in [-0.3, -0.25) is 4.79 Å². The van der Waals surface area contributed by atoms with E-state index in [1.165, 1.54) is 12.3 Å². The Morgan fingerprint density at radius 3 is 2.07 bits per heavy atom. The summed E-state index contributed by atoms with van der Waals surface area (Å²) in [6.07, 6.45) is 3.93. The van der Waals surface area contributed by atoms with Crippen molar-refractivity contribution in [3.63, 3.8) is 0 Å². The van der Waals surface area contributed by atoms with Crippen LogP contribution >= 0.6 is 0 Å². The molecule has 3 N–H and O–H groups in total. The molecule has 4 bridgehead atoms. The fourth-order valence-corrected chi connectivity index (χ4v) is 11.8. The van der Waals surface area contributed by atoms with Crippen LogP contribution in [0.4, 0.5) is 10.1 Å². The van der Waals surface area contributed by atoms with Crippen molar-refractivity contribution >= 4 is 11.6 Å². The summed E-state index contributed by atoms with van der Waals surface area (Å²) in [5.74, 6) is -9.23. The lowest BCUT2D eigenvalue weighted by Gasteiger charge is -2.62. The number of carbonyl (C=O) groups is 1. The molecule has 8 aliphatic heterocycles. The molecule has 10 rings (SSSR count). The number of fused-ring (bicyclic) bond motifs is 5. The lowest BCUT2D eigenvalue weighted by Crippen LogP contribution is -2.73. The number of aliphatic hydroxyl groups is 2. The first kappa shape index (κ1) is 39.0. The number of rotatable bonds is 8. The Bertz CT molecular complexity index is 1590. The second-order valence-electron chi connectivity index (χ2n) is 18.4. The van der Waals surface area contributed by atoms with Crippen LogP contribution in [0.3, 0.4) is 0 Å². The number of nitrogens with zero attached hydrogens (tertiary/aromatic N) is 1. The summed E-state index contributed by atoms with van der Waals surface area (Å²) in [5, 5.41) is 28.4. The van der Waals surface area contributed by atoms with Gasteiger partial charge in [0, 0.05) is 55.3 Å². The summed E-state index contributed by atoms with van der Waals surface area (Å²) >= 11 is 0. The number of hydrogen-bond acceptors (Lipinski definition) is 12. The van der Waals surface area contributed by atoms with E-state index in [1.54, 1.807) is 0 Å². The maximum atomic E-state index is 14.5. The van der Waals surface area contributed by atoms with Crippen molar-refractivity contribution < 1.29 is 57.9 Å². The molecule has 1 aliphatic carbocycles. The van der Waals surface area contributed by atoms with Gasteiger partial charge in [0.15, 0.2) is 35.4 Å². The van der Waals surface area contributed by atoms with E-state index in [1.807, 2.05) is 34.6 Å². The highest BCUT2D eigenvalue weighted by Crippen LogP contribution is 2.64. The third-order valence-corrected chi connectivity index (χ3v) is 14.9. The highest BCUT2D eigenvalue weighted by Gasteiger charge is 2.73. The van der Waals surface area contributed by atoms with E-state index in [-0.39, 0.29) is 48.1 Å². The molecule has 9 aliphatic rings. The summed E-state index contributed by atoms with van der Waals surface area (Å²) in [5.41, 5.74) is -1.67. The van der Waals surface area contributed by atoms with E-state index < -0.39 is 76.5 Å². The van der Waals surface area contributed by atoms with Crippen molar-refractivity contribution in [3.8, 4) is 0 Å². The molecule has 1 amide bonds. The van der Waals surface area contributed by atoms with Gasteiger partial charge in [-0.2, -0.15) is 4.39 Å². The first-order valence-electron chi connectivity index (χ1n) is 20.2. The zero-order chi connectivity index (χ0) is 38.6. The Hall–Kier alpha value is -1.85. The molecule has 9 fully saturated rings. The highest BCUT2D eigenvalue weighted by atomic mass is 19.1. The molecule has 1 saturated carbocycles. The minimum absolute atomic E-state index is 0.00312. The molecular weight excluding hydrogens is 703 g/mol. The van der Waals surface area contributed by atoms with Gasteiger partial charge in [-0.15, -0.1) is 0 Å². The SMILES string of the molecule is CC[C@H]1[C@@H](C)[C@@](O)(CC(C[C@@]2(O)O[C@@H]3O[C@]4(C)CC[C@H]5[C@H](C)CC[C@@H]([C@H]2C)[C@@]35OO4)C(=O)Nc2ccc(F)nc2)O[C@@H]2O[C@]3(C)CC[C@@H](C(C)C)[C@]21OO3. The van der Waals surface area contributed by atoms with Crippen LogP contribution in [0, 0.1) is 59.2 Å². The number of hydrogen-bond donors (Lipinski definition) is 3. The molecule has 13 nitrogen and oxygen atoms in total. The number of carbonyl (C=O) groups excluding carboxylic acids is 1. The van der Waals surface area contributed by atoms with Gasteiger partial charge < -0.3 is 34.5 Å². The number of ether oxygens (including phenoxy) is 4. The molecule has 2 spiro atoms. The van der Waals surface area contributed by atoms with E-state index in [4.69, 9.17) is 38.5 Å². The number of pyridine rings is 1. The monoisotopic (exact) mass is 762 g/mol. The molecule has 1 unspecified atom stereocenters. The number of nitrogens with one attached hydrogen (secondary N) is 1. The van der Waals surface area contributed by atoms with Gasteiger partial charge in [0.05, 0.1) is 11.9 Å². The number of halogens is 1. The van der Waals surface area contributed by atoms with Crippen molar-refractivity contribution in [1.82, 2.24) is 4.98 Å². The van der Waals surface area contributed by atoms with Crippen LogP contribution in [0.1, 0.15) is 113 Å². The number of amides is 1. The van der Waals surface area contributed by atoms with Crippen molar-refractivity contribution in [2.75, 3.05) is 5.32 Å². The van der Waals surface area contributed by atoms with Crippen LogP contribution in [-0.2, 0) is 43.3 Å². The average molecular weight is 763 g/mol. The second kappa shape index (κ2) is 13.4. The average Bonchev–Trinajstić information content (AvgIpc) is 3.48. The molecule has 54 heavy (non-hydrogen) atoms. The minimum Gasteiger partial charge on any atom is -0.365 e. The van der Waals surface area contributed by atoms with E-state index in [2.05, 4.69) is 31.1 Å². The maximum Gasteiger partial charge on any atom is 0.227 e. The molecule has 1 aromatic rings. The van der Waals surface area contributed by atoms with Gasteiger partial charge in [0.2, 0.25) is 23.4 Å². The normalized spacial score (nSPS) is 50.1. The summed E-state index contributed by atoms with van der Waals surface area (Å²) in [4.78, 5) is 42.9. The molecule has 16 atom stereocenters. The molecule has 14 heteroatoms. The Morgan fingerprint density at radius 1 is 0.852 bits per heavy atom. The van der Waals surface area contributed by atoms with E-state index in [9.17, 15) is 19.4 Å². The number of aromatic nitrogens is 1. The van der Waals surface area contributed by atoms with Crippen LogP contribution < -0.4 is 5.32 Å². The van der Waals surface area contributed by atoms with Gasteiger partial charge in [-0.25, -0.2) is 24.5 Å². The molecule has 302 valence electrons. The smallest absolute Gasteiger partial charge is 0.227 e. The van der Waals surface area contributed by atoms with Crippen molar-refractivity contribution in [2.45, 2.75) is 160 Å². The lowest BCUT2D eigenvalue weighted by molar-refractivity contribution is -0.586. The minimum atomic E-state index is -1.91. The summed E-state index contributed by atoms with van der Waals surface area (Å²) in [7, 11) is 0. The summed E-state index contributed by atoms with van der Waals surface area (Å²) < 4.78 is 40.3. The van der Waals surface area contributed by atoms with Crippen molar-refractivity contribution in [3.05, 3.63) is 24.3 Å². The zero-order valence-corrected chi connectivity index (χ0v) is 32.8. The fraction of sp³-hybridized carbons (Fsp3) is 0.850. The fourth-order valence-electron chi connectivity index (χ4n) is 11.8. The Balaban J connectivity index is 1.15. The lowest BCUT2D eigenvalue weighted by atomic mass is 9.56. The van der Waals surface area contributed by atoms with Crippen LogP contribution in [-0.4, -0.2) is 68.0 Å². The quantitative estimate of drug-likeness (QED) is 0.200. The standard InChI is InChI=1S/C40H59FN2O11/c1-9-27-23(5)37(45,49-33-39(27)28(21(2)3)14-16-35(7,47-33)51-53-39)18-25(32(44)43-26-11-13-31(41)42-20-26)19-38(46)24(6)30-12-10-22(4)29-15-17-36(8)48-34(50-38)40(29,30)54-52-36/h11,13,20-25,27-30,33-34,45-46H,9-10,12,14-19H2,1-8H3,(H,43,44)/t22-,23-,24-,25?,27+,28+,29+,30+,33+,34+,35+,36+,37-,38-,39+,40-/m1/s1. The summed E-state index contributed by atoms with van der Waals surface area (Å²) in [6, 6.07) is 2.57. The predicted octanol–water partition coefficient (Wildman–Crippen LogP) is 6.33. The van der Waals surface area contributed by atoms with Gasteiger partial charge in [-0.05, 0) is 81.8 Å². The molecule has 0 radical (unpaired) electrons. The summed E-state index contributed by atoms with van der Waals surface area (Å²) in [6.45, 7) is 16.0. The first-order chi connectivity index (χ1) is 25.4. The second-order valence-corrected chi connectivity index (χ2v) is 18.4. The number of anilines is 1. The van der Waals surface area contributed by atoms with E-state index in [0.717, 1.165) is 31.7 Å². The topological polar surface area (TPSA) is 156 Å². The third-order valence-electron chi connectivity index (χ3n) is 14.9.